The number of aromatic amines is 1. The Balaban J connectivity index is 2.25. The van der Waals surface area contributed by atoms with Gasteiger partial charge in [-0.1, -0.05) is 23.9 Å². The molecule has 0 aliphatic heterocycles. The van der Waals surface area contributed by atoms with Gasteiger partial charge in [0, 0.05) is 0 Å². The Hall–Kier alpha value is -1.89. The van der Waals surface area contributed by atoms with Crippen LogP contribution in [0.25, 0.3) is 0 Å². The molecule has 0 aliphatic carbocycles. The first-order valence-corrected chi connectivity index (χ1v) is 5.94. The zero-order valence-corrected chi connectivity index (χ0v) is 10.3. The Bertz CT molecular complexity index is 516. The normalized spacial score (nSPS) is 12.1. The molecule has 0 radical (unpaired) electrons. The summed E-state index contributed by atoms with van der Waals surface area (Å²) in [5.41, 5.74) is 0.649. The van der Waals surface area contributed by atoms with Crippen molar-refractivity contribution in [1.82, 2.24) is 15.4 Å². The van der Waals surface area contributed by atoms with E-state index in [1.807, 2.05) is 0 Å². The Kier molecular flexibility index (Phi) is 3.93. The van der Waals surface area contributed by atoms with E-state index in [2.05, 4.69) is 15.4 Å². The molecule has 0 aliphatic rings. The third-order valence-electron chi connectivity index (χ3n) is 2.22. The zero-order valence-electron chi connectivity index (χ0n) is 9.46. The highest BCUT2D eigenvalue weighted by Gasteiger charge is 2.23. The Labute approximate surface area is 107 Å². The predicted octanol–water partition coefficient (Wildman–Crippen LogP) is 1.95. The molecule has 0 amide bonds. The van der Waals surface area contributed by atoms with Gasteiger partial charge in [0.1, 0.15) is 16.1 Å². The molecule has 0 fully saturated rings. The van der Waals surface area contributed by atoms with Crippen LogP contribution in [-0.4, -0.2) is 28.5 Å². The largest absolute Gasteiger partial charge is 0.468 e. The average Bonchev–Trinajstić information content (AvgIpc) is 2.89. The van der Waals surface area contributed by atoms with E-state index in [0.29, 0.717) is 10.6 Å². The summed E-state index contributed by atoms with van der Waals surface area (Å²) in [6.45, 7) is 0. The molecular weight excluding hydrogens is 257 g/mol. The van der Waals surface area contributed by atoms with Crippen molar-refractivity contribution in [2.45, 2.75) is 10.3 Å². The third-order valence-corrected chi connectivity index (χ3v) is 3.36. The number of carbonyl (C=O) groups is 1. The number of H-pyrrole nitrogens is 1. The van der Waals surface area contributed by atoms with Crippen LogP contribution in [0.5, 0.6) is 0 Å². The molecule has 2 rings (SSSR count). The van der Waals surface area contributed by atoms with Crippen LogP contribution in [0.15, 0.2) is 35.5 Å². The van der Waals surface area contributed by atoms with Crippen LogP contribution >= 0.6 is 11.8 Å². The molecule has 1 aromatic carbocycles. The van der Waals surface area contributed by atoms with Crippen molar-refractivity contribution >= 4 is 17.7 Å². The summed E-state index contributed by atoms with van der Waals surface area (Å²) in [5, 5.41) is 9.95. The number of esters is 1. The summed E-state index contributed by atoms with van der Waals surface area (Å²) in [6, 6.07) is 5.69. The van der Waals surface area contributed by atoms with Gasteiger partial charge in [0.25, 0.3) is 0 Å². The molecule has 0 saturated heterocycles. The molecule has 94 valence electrons. The fourth-order valence-corrected chi connectivity index (χ4v) is 2.30. The second kappa shape index (κ2) is 5.63. The van der Waals surface area contributed by atoms with Gasteiger partial charge in [0.05, 0.1) is 13.3 Å². The van der Waals surface area contributed by atoms with E-state index in [0.717, 1.165) is 0 Å². The highest BCUT2D eigenvalue weighted by Crippen LogP contribution is 2.34. The lowest BCUT2D eigenvalue weighted by atomic mass is 10.1. The fraction of sp³-hybridized carbons (Fsp3) is 0.182. The van der Waals surface area contributed by atoms with Crippen LogP contribution in [0.1, 0.15) is 10.8 Å². The molecular formula is C11H10FN3O2S. The highest BCUT2D eigenvalue weighted by atomic mass is 32.2. The Morgan fingerprint density at radius 3 is 2.72 bits per heavy atom. The van der Waals surface area contributed by atoms with Crippen molar-refractivity contribution in [3.05, 3.63) is 41.8 Å². The first-order chi connectivity index (χ1) is 8.70. The second-order valence-corrected chi connectivity index (χ2v) is 4.51. The van der Waals surface area contributed by atoms with Crippen LogP contribution in [0.4, 0.5) is 4.39 Å². The van der Waals surface area contributed by atoms with E-state index in [4.69, 9.17) is 4.74 Å². The molecule has 18 heavy (non-hydrogen) atoms. The molecule has 0 bridgehead atoms. The predicted molar refractivity (Wildman–Crippen MR) is 63.4 cm³/mol. The number of hydrogen-bond donors (Lipinski definition) is 1. The molecule has 1 atom stereocenters. The summed E-state index contributed by atoms with van der Waals surface area (Å²) in [4.78, 5) is 11.7. The second-order valence-electron chi connectivity index (χ2n) is 3.38. The van der Waals surface area contributed by atoms with Crippen molar-refractivity contribution in [3.8, 4) is 0 Å². The number of hydrogen-bond acceptors (Lipinski definition) is 5. The lowest BCUT2D eigenvalue weighted by Crippen LogP contribution is -2.11. The van der Waals surface area contributed by atoms with Gasteiger partial charge in [-0.05, 0) is 17.7 Å². The zero-order chi connectivity index (χ0) is 13.0. The van der Waals surface area contributed by atoms with Crippen LogP contribution in [0, 0.1) is 5.82 Å². The molecule has 5 nitrogen and oxygen atoms in total. The van der Waals surface area contributed by atoms with Crippen molar-refractivity contribution in [2.24, 2.45) is 0 Å². The Morgan fingerprint density at radius 2 is 2.17 bits per heavy atom. The summed E-state index contributed by atoms with van der Waals surface area (Å²) in [7, 11) is 1.31. The molecule has 0 spiro atoms. The first kappa shape index (κ1) is 12.6. The number of benzene rings is 1. The van der Waals surface area contributed by atoms with Crippen molar-refractivity contribution in [2.75, 3.05) is 7.11 Å². The van der Waals surface area contributed by atoms with Crippen molar-refractivity contribution in [1.29, 1.82) is 0 Å². The highest BCUT2D eigenvalue weighted by molar-refractivity contribution is 8.00. The number of methoxy groups -OCH3 is 1. The SMILES string of the molecule is COC(=O)[C@H](Sc1cn[nH]n1)c1ccc(F)cc1. The van der Waals surface area contributed by atoms with E-state index < -0.39 is 11.2 Å². The van der Waals surface area contributed by atoms with Crippen LogP contribution in [0.3, 0.4) is 0 Å². The molecule has 7 heteroatoms. The maximum Gasteiger partial charge on any atom is 0.323 e. The number of ether oxygens (including phenoxy) is 1. The molecule has 0 unspecified atom stereocenters. The quantitative estimate of drug-likeness (QED) is 0.677. The smallest absolute Gasteiger partial charge is 0.323 e. The van der Waals surface area contributed by atoms with Crippen LogP contribution in [-0.2, 0) is 9.53 Å². The van der Waals surface area contributed by atoms with Crippen LogP contribution < -0.4 is 0 Å². The number of nitrogens with one attached hydrogen (secondary N) is 1. The standard InChI is InChI=1S/C11H10FN3O2S/c1-17-11(16)10(18-9-6-13-15-14-9)7-2-4-8(12)5-3-7/h2-6,10H,1H3,(H,13,14,15)/t10-/m1/s1. The van der Waals surface area contributed by atoms with Gasteiger partial charge in [0.15, 0.2) is 0 Å². The molecule has 1 heterocycles. The summed E-state index contributed by atoms with van der Waals surface area (Å²) >= 11 is 1.19. The number of carbonyl (C=O) groups excluding carboxylic acids is 1. The minimum absolute atomic E-state index is 0.353. The monoisotopic (exact) mass is 267 g/mol. The average molecular weight is 267 g/mol. The minimum Gasteiger partial charge on any atom is -0.468 e. The van der Waals surface area contributed by atoms with E-state index in [1.54, 1.807) is 12.1 Å². The lowest BCUT2D eigenvalue weighted by Gasteiger charge is -2.12. The van der Waals surface area contributed by atoms with Crippen LogP contribution in [0.2, 0.25) is 0 Å². The van der Waals surface area contributed by atoms with Gasteiger partial charge >= 0.3 is 5.97 Å². The molecule has 1 N–H and O–H groups in total. The number of aromatic nitrogens is 3. The number of rotatable bonds is 4. The molecule has 1 aromatic heterocycles. The third kappa shape index (κ3) is 2.86. The van der Waals surface area contributed by atoms with Gasteiger partial charge in [0.2, 0.25) is 0 Å². The van der Waals surface area contributed by atoms with E-state index in [-0.39, 0.29) is 5.82 Å². The fourth-order valence-electron chi connectivity index (χ4n) is 1.37. The van der Waals surface area contributed by atoms with Crippen molar-refractivity contribution < 1.29 is 13.9 Å². The van der Waals surface area contributed by atoms with E-state index in [1.165, 1.54) is 37.2 Å². The van der Waals surface area contributed by atoms with E-state index >= 15 is 0 Å². The first-order valence-electron chi connectivity index (χ1n) is 5.06. The maximum absolute atomic E-state index is 12.9. The maximum atomic E-state index is 12.9. The summed E-state index contributed by atoms with van der Waals surface area (Å²) in [6.07, 6.45) is 1.50. The van der Waals surface area contributed by atoms with Gasteiger partial charge < -0.3 is 4.74 Å². The minimum atomic E-state index is -0.597. The Morgan fingerprint density at radius 1 is 1.44 bits per heavy atom. The van der Waals surface area contributed by atoms with Gasteiger partial charge in [-0.3, -0.25) is 4.79 Å². The van der Waals surface area contributed by atoms with Crippen molar-refractivity contribution in [3.63, 3.8) is 0 Å². The molecule has 2 aromatic rings. The van der Waals surface area contributed by atoms with Gasteiger partial charge in [-0.25, -0.2) is 4.39 Å². The summed E-state index contributed by atoms with van der Waals surface area (Å²) in [5.74, 6) is -0.775. The van der Waals surface area contributed by atoms with Gasteiger partial charge in [-0.15, -0.1) is 5.10 Å². The van der Waals surface area contributed by atoms with Gasteiger partial charge in [-0.2, -0.15) is 10.3 Å². The lowest BCUT2D eigenvalue weighted by molar-refractivity contribution is -0.140. The summed E-state index contributed by atoms with van der Waals surface area (Å²) < 4.78 is 17.6. The number of thioether (sulfide) groups is 1. The molecule has 0 saturated carbocycles. The topological polar surface area (TPSA) is 67.9 Å². The number of halogens is 1. The van der Waals surface area contributed by atoms with E-state index in [9.17, 15) is 9.18 Å². The number of nitrogens with zero attached hydrogens (tertiary/aromatic N) is 2.